The highest BCUT2D eigenvalue weighted by atomic mass is 79.9. The number of fused-ring (bicyclic) bond motifs is 2. The lowest BCUT2D eigenvalue weighted by Crippen LogP contribution is -2.33. The van der Waals surface area contributed by atoms with Gasteiger partial charge in [-0.1, -0.05) is 0 Å². The Morgan fingerprint density at radius 3 is 2.37 bits per heavy atom. The molecule has 0 amide bonds. The van der Waals surface area contributed by atoms with Crippen LogP contribution in [0, 0.1) is 11.3 Å². The predicted molar refractivity (Wildman–Crippen MR) is 73.7 cm³/mol. The monoisotopic (exact) mass is 319 g/mol. The summed E-state index contributed by atoms with van der Waals surface area (Å²) in [4.78, 5) is 0. The Balaban J connectivity index is 2.03. The number of rotatable bonds is 1. The van der Waals surface area contributed by atoms with E-state index in [1.54, 1.807) is 0 Å². The molecule has 1 fully saturated rings. The Labute approximate surface area is 120 Å². The molecule has 0 unspecified atom stereocenters. The van der Waals surface area contributed by atoms with Crippen LogP contribution in [0.4, 0.5) is 0 Å². The van der Waals surface area contributed by atoms with Gasteiger partial charge in [0.05, 0.1) is 29.2 Å². The quantitative estimate of drug-likeness (QED) is 0.797. The van der Waals surface area contributed by atoms with Gasteiger partial charge in [-0.25, -0.2) is 0 Å². The van der Waals surface area contributed by atoms with Gasteiger partial charge in [-0.05, 0) is 35.2 Å². The van der Waals surface area contributed by atoms with E-state index in [0.717, 1.165) is 53.6 Å². The summed E-state index contributed by atoms with van der Waals surface area (Å²) in [6.07, 6.45) is 4.83. The SMILES string of the molecule is N#CC1(c2c3c(c(Br)c4c2OCC4)OCC3)CCC1. The number of hydrogen-bond donors (Lipinski definition) is 0. The van der Waals surface area contributed by atoms with E-state index in [1.165, 1.54) is 11.1 Å². The average molecular weight is 320 g/mol. The van der Waals surface area contributed by atoms with E-state index >= 15 is 0 Å². The number of nitrogens with zero attached hydrogens (tertiary/aromatic N) is 1. The average Bonchev–Trinajstić information content (AvgIpc) is 3.01. The van der Waals surface area contributed by atoms with Crippen molar-refractivity contribution >= 4 is 15.9 Å². The van der Waals surface area contributed by atoms with Crippen LogP contribution in [0.3, 0.4) is 0 Å². The van der Waals surface area contributed by atoms with Gasteiger partial charge < -0.3 is 9.47 Å². The van der Waals surface area contributed by atoms with Crippen molar-refractivity contribution in [2.24, 2.45) is 0 Å². The van der Waals surface area contributed by atoms with E-state index in [1.807, 2.05) is 0 Å². The minimum Gasteiger partial charge on any atom is -0.493 e. The fraction of sp³-hybridized carbons (Fsp3) is 0.533. The summed E-state index contributed by atoms with van der Waals surface area (Å²) in [5.74, 6) is 1.93. The Hall–Kier alpha value is -1.21. The lowest BCUT2D eigenvalue weighted by molar-refractivity contribution is 0.296. The highest BCUT2D eigenvalue weighted by Crippen LogP contribution is 2.55. The Morgan fingerprint density at radius 1 is 1.05 bits per heavy atom. The summed E-state index contributed by atoms with van der Waals surface area (Å²) < 4.78 is 12.7. The van der Waals surface area contributed by atoms with Crippen molar-refractivity contribution < 1.29 is 9.47 Å². The molecule has 98 valence electrons. The number of hydrogen-bond acceptors (Lipinski definition) is 3. The molecule has 1 aromatic carbocycles. The summed E-state index contributed by atoms with van der Waals surface area (Å²) in [6.45, 7) is 1.43. The van der Waals surface area contributed by atoms with Gasteiger partial charge in [0, 0.05) is 29.5 Å². The third-order valence-electron chi connectivity index (χ3n) is 4.64. The van der Waals surface area contributed by atoms with Crippen molar-refractivity contribution in [1.82, 2.24) is 0 Å². The Kier molecular flexibility index (Phi) is 2.38. The van der Waals surface area contributed by atoms with Gasteiger partial charge in [0.15, 0.2) is 0 Å². The zero-order valence-electron chi connectivity index (χ0n) is 10.6. The molecular formula is C15H14BrNO2. The number of ether oxygens (including phenoxy) is 2. The molecule has 19 heavy (non-hydrogen) atoms. The molecule has 2 aliphatic heterocycles. The van der Waals surface area contributed by atoms with E-state index in [-0.39, 0.29) is 5.41 Å². The first-order valence-electron chi connectivity index (χ1n) is 6.81. The van der Waals surface area contributed by atoms with E-state index in [9.17, 15) is 5.26 Å². The summed E-state index contributed by atoms with van der Waals surface area (Å²) in [7, 11) is 0. The molecule has 0 radical (unpaired) electrons. The van der Waals surface area contributed by atoms with Crippen LogP contribution in [-0.4, -0.2) is 13.2 Å². The highest BCUT2D eigenvalue weighted by molar-refractivity contribution is 9.10. The second-order valence-corrected chi connectivity index (χ2v) is 6.34. The van der Waals surface area contributed by atoms with Crippen LogP contribution in [-0.2, 0) is 18.3 Å². The van der Waals surface area contributed by atoms with Gasteiger partial charge in [0.1, 0.15) is 11.5 Å². The van der Waals surface area contributed by atoms with Gasteiger partial charge in [-0.3, -0.25) is 0 Å². The smallest absolute Gasteiger partial charge is 0.137 e. The molecule has 0 saturated heterocycles. The second kappa shape index (κ2) is 3.89. The van der Waals surface area contributed by atoms with Gasteiger partial charge in [0.2, 0.25) is 0 Å². The zero-order valence-corrected chi connectivity index (χ0v) is 12.2. The highest BCUT2D eigenvalue weighted by Gasteiger charge is 2.46. The lowest BCUT2D eigenvalue weighted by Gasteiger charge is -2.37. The van der Waals surface area contributed by atoms with Gasteiger partial charge in [-0.2, -0.15) is 5.26 Å². The molecule has 2 heterocycles. The molecule has 0 aromatic heterocycles. The van der Waals surface area contributed by atoms with Gasteiger partial charge in [0.25, 0.3) is 0 Å². The molecule has 4 rings (SSSR count). The van der Waals surface area contributed by atoms with E-state index < -0.39 is 0 Å². The van der Waals surface area contributed by atoms with Crippen LogP contribution in [0.25, 0.3) is 0 Å². The first-order chi connectivity index (χ1) is 9.27. The van der Waals surface area contributed by atoms with E-state index in [2.05, 4.69) is 22.0 Å². The first kappa shape index (κ1) is 11.6. The van der Waals surface area contributed by atoms with Crippen LogP contribution < -0.4 is 9.47 Å². The number of benzene rings is 1. The maximum atomic E-state index is 9.66. The first-order valence-corrected chi connectivity index (χ1v) is 7.61. The summed E-state index contributed by atoms with van der Waals surface area (Å²) >= 11 is 3.66. The zero-order chi connectivity index (χ0) is 13.0. The van der Waals surface area contributed by atoms with Crippen LogP contribution in [0.15, 0.2) is 4.47 Å². The molecule has 3 nitrogen and oxygen atoms in total. The van der Waals surface area contributed by atoms with Crippen molar-refractivity contribution in [2.45, 2.75) is 37.5 Å². The van der Waals surface area contributed by atoms with Crippen LogP contribution >= 0.6 is 15.9 Å². The molecule has 0 N–H and O–H groups in total. The molecule has 0 atom stereocenters. The van der Waals surface area contributed by atoms with Crippen LogP contribution in [0.5, 0.6) is 11.5 Å². The third-order valence-corrected chi connectivity index (χ3v) is 5.48. The molecule has 0 bridgehead atoms. The standard InChI is InChI=1S/C15H14BrNO2/c16-12-10-3-7-18-13(10)11(9-2-6-19-14(9)12)15(8-17)4-1-5-15/h1-7H2. The fourth-order valence-electron chi connectivity index (χ4n) is 3.51. The maximum absolute atomic E-state index is 9.66. The normalized spacial score (nSPS) is 21.7. The predicted octanol–water partition coefficient (Wildman–Crippen LogP) is 3.26. The number of nitriles is 1. The van der Waals surface area contributed by atoms with Crippen molar-refractivity contribution in [2.75, 3.05) is 13.2 Å². The molecule has 0 spiro atoms. The van der Waals surface area contributed by atoms with Crippen molar-refractivity contribution in [3.63, 3.8) is 0 Å². The van der Waals surface area contributed by atoms with Gasteiger partial charge in [-0.15, -0.1) is 0 Å². The Bertz CT molecular complexity index is 579. The van der Waals surface area contributed by atoms with Crippen molar-refractivity contribution in [3.05, 3.63) is 21.2 Å². The maximum Gasteiger partial charge on any atom is 0.137 e. The molecular weight excluding hydrogens is 306 g/mol. The van der Waals surface area contributed by atoms with Crippen LogP contribution in [0.2, 0.25) is 0 Å². The third kappa shape index (κ3) is 1.37. The Morgan fingerprint density at radius 2 is 1.74 bits per heavy atom. The minimum atomic E-state index is -0.326. The second-order valence-electron chi connectivity index (χ2n) is 5.55. The molecule has 1 aromatic rings. The van der Waals surface area contributed by atoms with Crippen LogP contribution in [0.1, 0.15) is 36.0 Å². The van der Waals surface area contributed by atoms with Gasteiger partial charge >= 0.3 is 0 Å². The summed E-state index contributed by atoms with van der Waals surface area (Å²) in [5.41, 5.74) is 3.21. The topological polar surface area (TPSA) is 42.2 Å². The molecule has 1 saturated carbocycles. The largest absolute Gasteiger partial charge is 0.493 e. The summed E-state index contributed by atoms with van der Waals surface area (Å²) in [5, 5.41) is 9.66. The molecule has 3 aliphatic rings. The van der Waals surface area contributed by atoms with E-state index in [0.29, 0.717) is 13.2 Å². The summed E-state index contributed by atoms with van der Waals surface area (Å²) in [6, 6.07) is 2.56. The fourth-order valence-corrected chi connectivity index (χ4v) is 4.24. The minimum absolute atomic E-state index is 0.326. The van der Waals surface area contributed by atoms with Crippen molar-refractivity contribution in [1.29, 1.82) is 5.26 Å². The number of halogens is 1. The van der Waals surface area contributed by atoms with Crippen molar-refractivity contribution in [3.8, 4) is 17.6 Å². The molecule has 1 aliphatic carbocycles. The molecule has 4 heteroatoms. The van der Waals surface area contributed by atoms with E-state index in [4.69, 9.17) is 9.47 Å². The lowest BCUT2D eigenvalue weighted by atomic mass is 9.63.